The van der Waals surface area contributed by atoms with Gasteiger partial charge in [0, 0.05) is 5.56 Å². The Bertz CT molecular complexity index is 1300. The summed E-state index contributed by atoms with van der Waals surface area (Å²) in [4.78, 5) is 36.5. The average molecular weight is 403 g/mol. The number of carbonyl (C=O) groups is 1. The molecule has 4 rings (SSSR count). The van der Waals surface area contributed by atoms with Crippen LogP contribution in [-0.4, -0.2) is 32.5 Å². The van der Waals surface area contributed by atoms with Crippen molar-refractivity contribution in [3.05, 3.63) is 70.3 Å². The Morgan fingerprint density at radius 1 is 1.10 bits per heavy atom. The molecule has 0 aliphatic heterocycles. The van der Waals surface area contributed by atoms with Crippen molar-refractivity contribution in [1.82, 2.24) is 19.5 Å². The van der Waals surface area contributed by atoms with Gasteiger partial charge < -0.3 is 15.5 Å². The highest BCUT2D eigenvalue weighted by atomic mass is 16.5. The van der Waals surface area contributed by atoms with Crippen LogP contribution in [0.25, 0.3) is 28.2 Å². The molecular weight excluding hydrogens is 382 g/mol. The van der Waals surface area contributed by atoms with Gasteiger partial charge in [-0.25, -0.2) is 19.3 Å². The zero-order valence-electron chi connectivity index (χ0n) is 16.8. The van der Waals surface area contributed by atoms with Crippen molar-refractivity contribution in [2.75, 3.05) is 7.11 Å². The van der Waals surface area contributed by atoms with Crippen molar-refractivity contribution in [1.29, 1.82) is 0 Å². The van der Waals surface area contributed by atoms with Crippen molar-refractivity contribution < 1.29 is 9.53 Å². The summed E-state index contributed by atoms with van der Waals surface area (Å²) in [7, 11) is 1.52. The molecule has 3 N–H and O–H groups in total. The van der Waals surface area contributed by atoms with Gasteiger partial charge in [0.1, 0.15) is 11.3 Å². The lowest BCUT2D eigenvalue weighted by molar-refractivity contribution is 0.0997. The van der Waals surface area contributed by atoms with Crippen LogP contribution in [0.3, 0.4) is 0 Å². The van der Waals surface area contributed by atoms with Crippen molar-refractivity contribution in [2.24, 2.45) is 5.73 Å². The molecule has 0 radical (unpaired) electrons. The number of aromatic nitrogens is 4. The summed E-state index contributed by atoms with van der Waals surface area (Å²) in [6.45, 7) is 4.21. The summed E-state index contributed by atoms with van der Waals surface area (Å²) in [6.07, 6.45) is 0. The smallest absolute Gasteiger partial charge is 0.332 e. The van der Waals surface area contributed by atoms with Crippen LogP contribution in [0.5, 0.6) is 5.75 Å². The largest absolute Gasteiger partial charge is 0.495 e. The molecule has 2 aromatic carbocycles. The van der Waals surface area contributed by atoms with E-state index in [9.17, 15) is 9.59 Å². The van der Waals surface area contributed by atoms with Gasteiger partial charge in [-0.15, -0.1) is 0 Å². The second-order valence-corrected chi connectivity index (χ2v) is 7.17. The van der Waals surface area contributed by atoms with Gasteiger partial charge in [-0.2, -0.15) is 0 Å². The van der Waals surface area contributed by atoms with Crippen LogP contribution < -0.4 is 16.2 Å². The van der Waals surface area contributed by atoms with E-state index in [4.69, 9.17) is 10.5 Å². The minimum Gasteiger partial charge on any atom is -0.495 e. The molecule has 2 aromatic heterocycles. The number of hydrogen-bond donors (Lipinski definition) is 2. The average Bonchev–Trinajstić information content (AvgIpc) is 3.08. The van der Waals surface area contributed by atoms with Crippen LogP contribution in [0, 0.1) is 0 Å². The first kappa shape index (κ1) is 19.4. The van der Waals surface area contributed by atoms with E-state index in [1.165, 1.54) is 17.2 Å². The number of hydrogen-bond acceptors (Lipinski definition) is 5. The number of primary amides is 1. The van der Waals surface area contributed by atoms with E-state index < -0.39 is 11.6 Å². The van der Waals surface area contributed by atoms with Crippen LogP contribution in [0.15, 0.2) is 53.3 Å². The number of benzene rings is 2. The van der Waals surface area contributed by atoms with Crippen LogP contribution in [-0.2, 0) is 0 Å². The molecule has 0 aliphatic carbocycles. The molecule has 30 heavy (non-hydrogen) atoms. The van der Waals surface area contributed by atoms with Crippen molar-refractivity contribution in [3.8, 4) is 22.8 Å². The van der Waals surface area contributed by atoms with Gasteiger partial charge in [0.05, 0.1) is 12.8 Å². The summed E-state index contributed by atoms with van der Waals surface area (Å²) >= 11 is 0. The Balaban J connectivity index is 2.01. The Kier molecular flexibility index (Phi) is 4.83. The summed E-state index contributed by atoms with van der Waals surface area (Å²) in [5.74, 6) is 0.414. The predicted molar refractivity (Wildman–Crippen MR) is 114 cm³/mol. The Hall–Kier alpha value is -3.94. The Labute approximate surface area is 172 Å². The zero-order valence-corrected chi connectivity index (χ0v) is 16.8. The van der Waals surface area contributed by atoms with E-state index in [-0.39, 0.29) is 16.9 Å². The molecule has 8 nitrogen and oxygen atoms in total. The molecule has 0 saturated heterocycles. The van der Waals surface area contributed by atoms with Gasteiger partial charge in [0.15, 0.2) is 17.2 Å². The lowest BCUT2D eigenvalue weighted by Gasteiger charge is -2.10. The number of methoxy groups -OCH3 is 1. The van der Waals surface area contributed by atoms with Gasteiger partial charge in [-0.05, 0) is 23.6 Å². The highest BCUT2D eigenvalue weighted by Crippen LogP contribution is 2.27. The molecule has 4 aromatic rings. The van der Waals surface area contributed by atoms with E-state index in [1.807, 2.05) is 24.3 Å². The molecule has 0 aliphatic rings. The molecule has 8 heteroatoms. The van der Waals surface area contributed by atoms with E-state index in [0.29, 0.717) is 28.7 Å². The number of H-pyrrole nitrogens is 1. The quantitative estimate of drug-likeness (QED) is 0.531. The van der Waals surface area contributed by atoms with Gasteiger partial charge in [-0.3, -0.25) is 4.79 Å². The molecule has 0 fully saturated rings. The van der Waals surface area contributed by atoms with Gasteiger partial charge in [0.25, 0.3) is 5.91 Å². The summed E-state index contributed by atoms with van der Waals surface area (Å²) in [5, 5.41) is 0. The summed E-state index contributed by atoms with van der Waals surface area (Å²) in [6, 6.07) is 14.8. The SMILES string of the molecule is COc1ccccc1-n1c(=O)[nH]c2c(C(N)=O)nc(-c3ccc(C(C)C)cc3)nc21. The fourth-order valence-electron chi connectivity index (χ4n) is 3.35. The number of nitrogens with one attached hydrogen (secondary N) is 1. The summed E-state index contributed by atoms with van der Waals surface area (Å²) < 4.78 is 6.75. The number of ether oxygens (including phenoxy) is 1. The maximum absolute atomic E-state index is 12.8. The third kappa shape index (κ3) is 3.22. The van der Waals surface area contributed by atoms with E-state index in [0.717, 1.165) is 0 Å². The molecule has 0 saturated carbocycles. The van der Waals surface area contributed by atoms with Crippen LogP contribution in [0.1, 0.15) is 35.8 Å². The number of rotatable bonds is 5. The number of nitrogens with zero attached hydrogens (tertiary/aromatic N) is 3. The number of nitrogens with two attached hydrogens (primary N) is 1. The fourth-order valence-corrected chi connectivity index (χ4v) is 3.35. The van der Waals surface area contributed by atoms with Gasteiger partial charge >= 0.3 is 5.69 Å². The minimum atomic E-state index is -0.754. The Morgan fingerprint density at radius 2 is 1.80 bits per heavy atom. The van der Waals surface area contributed by atoms with Crippen LogP contribution in [0.2, 0.25) is 0 Å². The normalized spacial score (nSPS) is 11.2. The maximum atomic E-state index is 12.8. The van der Waals surface area contributed by atoms with Crippen molar-refractivity contribution in [2.45, 2.75) is 19.8 Å². The number of aromatic amines is 1. The molecule has 1 amide bonds. The third-order valence-electron chi connectivity index (χ3n) is 4.93. The van der Waals surface area contributed by atoms with Crippen molar-refractivity contribution >= 4 is 17.1 Å². The standard InChI is InChI=1S/C22H21N5O3/c1-12(2)13-8-10-14(11-9-13)20-24-17(19(23)28)18-21(26-20)27(22(29)25-18)15-6-4-5-7-16(15)30-3/h4-12H,1-3H3,(H2,23,28)(H,25,29). The second-order valence-electron chi connectivity index (χ2n) is 7.17. The molecule has 2 heterocycles. The maximum Gasteiger partial charge on any atom is 0.332 e. The topological polar surface area (TPSA) is 116 Å². The number of fused-ring (bicyclic) bond motifs is 1. The molecule has 0 atom stereocenters. The number of imidazole rings is 1. The first-order valence-electron chi connectivity index (χ1n) is 9.47. The highest BCUT2D eigenvalue weighted by Gasteiger charge is 2.21. The van der Waals surface area contributed by atoms with E-state index >= 15 is 0 Å². The second kappa shape index (κ2) is 7.47. The molecular formula is C22H21N5O3. The first-order valence-corrected chi connectivity index (χ1v) is 9.47. The number of para-hydroxylation sites is 2. The lowest BCUT2D eigenvalue weighted by atomic mass is 10.0. The third-order valence-corrected chi connectivity index (χ3v) is 4.93. The Morgan fingerprint density at radius 3 is 2.43 bits per heavy atom. The van der Waals surface area contributed by atoms with Gasteiger partial charge in [-0.1, -0.05) is 50.2 Å². The molecule has 0 bridgehead atoms. The number of carbonyl (C=O) groups excluding carboxylic acids is 1. The molecule has 152 valence electrons. The fraction of sp³-hybridized carbons (Fsp3) is 0.182. The monoisotopic (exact) mass is 403 g/mol. The first-order chi connectivity index (χ1) is 14.4. The summed E-state index contributed by atoms with van der Waals surface area (Å²) in [5.41, 5.74) is 7.84. The van der Waals surface area contributed by atoms with E-state index in [1.54, 1.807) is 24.3 Å². The minimum absolute atomic E-state index is 0.0475. The van der Waals surface area contributed by atoms with Crippen LogP contribution >= 0.6 is 0 Å². The van der Waals surface area contributed by atoms with E-state index in [2.05, 4.69) is 28.8 Å². The van der Waals surface area contributed by atoms with Crippen molar-refractivity contribution in [3.63, 3.8) is 0 Å². The van der Waals surface area contributed by atoms with Gasteiger partial charge in [0.2, 0.25) is 0 Å². The lowest BCUT2D eigenvalue weighted by Crippen LogP contribution is -2.16. The number of amides is 1. The highest BCUT2D eigenvalue weighted by molar-refractivity contribution is 6.02. The molecule has 0 spiro atoms. The molecule has 0 unspecified atom stereocenters. The zero-order chi connectivity index (χ0) is 21.4. The van der Waals surface area contributed by atoms with Crippen LogP contribution in [0.4, 0.5) is 0 Å². The predicted octanol–water partition coefficient (Wildman–Crippen LogP) is 3.01.